The molecule has 0 saturated heterocycles. The number of anilines is 1. The molecule has 0 aliphatic carbocycles. The number of hydrogen-bond acceptors (Lipinski definition) is 3. The van der Waals surface area contributed by atoms with Crippen molar-refractivity contribution < 1.29 is 0 Å². The fraction of sp³-hybridized carbons (Fsp3) is 0.214. The van der Waals surface area contributed by atoms with Crippen LogP contribution in [-0.2, 0) is 6.42 Å². The van der Waals surface area contributed by atoms with Gasteiger partial charge in [-0.3, -0.25) is 9.78 Å². The van der Waals surface area contributed by atoms with Gasteiger partial charge in [0.2, 0.25) is 0 Å². The standard InChI is InChI=1S/C7H10N2OS.C7H8N2S/c1-2-3-5-4-6(10)9-7(11)8-5;8-7(10)9-6-4-2-1-3-5-6/h4H,2-3H2,1H3,(H2,8,9,10,11);1-5H,(H3,8,9,10). The molecule has 7 heteroatoms. The maximum Gasteiger partial charge on any atom is 0.251 e. The molecule has 0 saturated carbocycles. The van der Waals surface area contributed by atoms with E-state index in [1.54, 1.807) is 6.07 Å². The summed E-state index contributed by atoms with van der Waals surface area (Å²) in [6.07, 6.45) is 1.88. The minimum Gasteiger partial charge on any atom is -0.376 e. The average molecular weight is 322 g/mol. The molecule has 0 spiro atoms. The summed E-state index contributed by atoms with van der Waals surface area (Å²) in [5, 5.41) is 3.11. The number of aryl methyl sites for hydroxylation is 1. The quantitative estimate of drug-likeness (QED) is 0.653. The molecule has 1 heterocycles. The van der Waals surface area contributed by atoms with Crippen LogP contribution < -0.4 is 16.6 Å². The molecule has 0 unspecified atom stereocenters. The van der Waals surface area contributed by atoms with Gasteiger partial charge in [0.15, 0.2) is 9.88 Å². The molecule has 0 atom stereocenters. The monoisotopic (exact) mass is 322 g/mol. The number of nitrogens with one attached hydrogen (secondary N) is 3. The van der Waals surface area contributed by atoms with Crippen molar-refractivity contribution in [1.82, 2.24) is 9.97 Å². The summed E-state index contributed by atoms with van der Waals surface area (Å²) in [5.74, 6) is 0. The lowest BCUT2D eigenvalue weighted by Crippen LogP contribution is -2.18. The molecule has 0 fully saturated rings. The minimum absolute atomic E-state index is 0.128. The Labute approximate surface area is 133 Å². The molecular weight excluding hydrogens is 304 g/mol. The van der Waals surface area contributed by atoms with E-state index in [2.05, 4.69) is 34.4 Å². The summed E-state index contributed by atoms with van der Waals surface area (Å²) in [6, 6.07) is 11.1. The van der Waals surface area contributed by atoms with E-state index < -0.39 is 0 Å². The molecule has 0 aliphatic rings. The van der Waals surface area contributed by atoms with E-state index >= 15 is 0 Å². The predicted molar refractivity (Wildman–Crippen MR) is 93.1 cm³/mol. The van der Waals surface area contributed by atoms with Crippen LogP contribution in [0.3, 0.4) is 0 Å². The summed E-state index contributed by atoms with van der Waals surface area (Å²) in [4.78, 5) is 16.2. The van der Waals surface area contributed by atoms with Crippen molar-refractivity contribution in [3.05, 3.63) is 57.2 Å². The van der Waals surface area contributed by atoms with Gasteiger partial charge in [0.1, 0.15) is 0 Å². The van der Waals surface area contributed by atoms with Crippen molar-refractivity contribution in [2.75, 3.05) is 5.32 Å². The van der Waals surface area contributed by atoms with Crippen LogP contribution in [0.15, 0.2) is 41.2 Å². The summed E-state index contributed by atoms with van der Waals surface area (Å²) in [7, 11) is 0. The molecule has 0 radical (unpaired) electrons. The molecule has 21 heavy (non-hydrogen) atoms. The van der Waals surface area contributed by atoms with Gasteiger partial charge in [-0.15, -0.1) is 0 Å². The fourth-order valence-corrected chi connectivity index (χ4v) is 1.94. The van der Waals surface area contributed by atoms with Gasteiger partial charge < -0.3 is 16.0 Å². The van der Waals surface area contributed by atoms with Crippen LogP contribution >= 0.6 is 24.4 Å². The number of aromatic amines is 2. The first-order chi connectivity index (χ1) is 10.0. The van der Waals surface area contributed by atoms with Crippen LogP contribution in [0.2, 0.25) is 0 Å². The Balaban J connectivity index is 0.000000211. The van der Waals surface area contributed by atoms with Crippen LogP contribution in [0.4, 0.5) is 5.69 Å². The number of thiocarbonyl (C=S) groups is 1. The Morgan fingerprint density at radius 1 is 1.29 bits per heavy atom. The molecule has 5 N–H and O–H groups in total. The first-order valence-electron chi connectivity index (χ1n) is 6.45. The molecule has 5 nitrogen and oxygen atoms in total. The van der Waals surface area contributed by atoms with E-state index in [0.717, 1.165) is 24.2 Å². The van der Waals surface area contributed by atoms with Crippen LogP contribution in [-0.4, -0.2) is 15.1 Å². The van der Waals surface area contributed by atoms with Gasteiger partial charge in [-0.1, -0.05) is 31.5 Å². The lowest BCUT2D eigenvalue weighted by molar-refractivity contribution is 0.861. The second-order valence-electron chi connectivity index (χ2n) is 4.22. The number of aromatic nitrogens is 2. The summed E-state index contributed by atoms with van der Waals surface area (Å²) in [5.41, 5.74) is 6.95. The molecule has 0 amide bonds. The largest absolute Gasteiger partial charge is 0.376 e. The minimum atomic E-state index is -0.128. The van der Waals surface area contributed by atoms with Gasteiger partial charge in [0.25, 0.3) is 5.56 Å². The van der Waals surface area contributed by atoms with Crippen LogP contribution in [0, 0.1) is 4.77 Å². The third-order valence-electron chi connectivity index (χ3n) is 2.38. The van der Waals surface area contributed by atoms with E-state index in [-0.39, 0.29) is 5.56 Å². The maximum absolute atomic E-state index is 10.8. The number of para-hydroxylation sites is 1. The van der Waals surface area contributed by atoms with Crippen molar-refractivity contribution in [1.29, 1.82) is 0 Å². The highest BCUT2D eigenvalue weighted by Crippen LogP contribution is 2.03. The second kappa shape index (κ2) is 9.04. The molecule has 112 valence electrons. The lowest BCUT2D eigenvalue weighted by Gasteiger charge is -2.00. The third-order valence-corrected chi connectivity index (χ3v) is 2.68. The highest BCUT2D eigenvalue weighted by atomic mass is 32.1. The van der Waals surface area contributed by atoms with E-state index in [1.165, 1.54) is 0 Å². The highest BCUT2D eigenvalue weighted by Gasteiger charge is 1.91. The van der Waals surface area contributed by atoms with Gasteiger partial charge in [0.05, 0.1) is 0 Å². The van der Waals surface area contributed by atoms with Crippen LogP contribution in [0.25, 0.3) is 0 Å². The molecule has 2 rings (SSSR count). The van der Waals surface area contributed by atoms with E-state index in [9.17, 15) is 4.79 Å². The van der Waals surface area contributed by atoms with Crippen molar-refractivity contribution in [3.8, 4) is 0 Å². The molecule has 0 aliphatic heterocycles. The van der Waals surface area contributed by atoms with Crippen molar-refractivity contribution in [2.24, 2.45) is 5.73 Å². The molecule has 1 aromatic carbocycles. The van der Waals surface area contributed by atoms with Gasteiger partial charge in [0, 0.05) is 17.4 Å². The van der Waals surface area contributed by atoms with Crippen molar-refractivity contribution in [3.63, 3.8) is 0 Å². The maximum atomic E-state index is 10.8. The molecule has 0 bridgehead atoms. The SMILES string of the molecule is CCCc1cc(=O)[nH]c(=S)[nH]1.NC(=S)Nc1ccccc1. The number of hydrogen-bond donors (Lipinski definition) is 4. The number of nitrogens with two attached hydrogens (primary N) is 1. The number of rotatable bonds is 3. The number of benzene rings is 1. The fourth-order valence-electron chi connectivity index (χ4n) is 1.59. The topological polar surface area (TPSA) is 86.7 Å². The molecular formula is C14H18N4OS2. The molecule has 2 aromatic rings. The Morgan fingerprint density at radius 2 is 1.95 bits per heavy atom. The Hall–Kier alpha value is -1.99. The zero-order chi connectivity index (χ0) is 15.7. The first kappa shape index (κ1) is 17.1. The highest BCUT2D eigenvalue weighted by molar-refractivity contribution is 7.80. The number of H-pyrrole nitrogens is 2. The van der Waals surface area contributed by atoms with Crippen molar-refractivity contribution >= 4 is 35.2 Å². The van der Waals surface area contributed by atoms with E-state index in [4.69, 9.17) is 18.0 Å². The van der Waals surface area contributed by atoms with Gasteiger partial charge >= 0.3 is 0 Å². The zero-order valence-electron chi connectivity index (χ0n) is 11.7. The lowest BCUT2D eigenvalue weighted by atomic mass is 10.2. The van der Waals surface area contributed by atoms with Gasteiger partial charge in [-0.2, -0.15) is 0 Å². The first-order valence-corrected chi connectivity index (χ1v) is 7.27. The Morgan fingerprint density at radius 3 is 2.48 bits per heavy atom. The molecule has 1 aromatic heterocycles. The van der Waals surface area contributed by atoms with Crippen LogP contribution in [0.5, 0.6) is 0 Å². The summed E-state index contributed by atoms with van der Waals surface area (Å²) >= 11 is 9.43. The van der Waals surface area contributed by atoms with Gasteiger partial charge in [-0.05, 0) is 43.0 Å². The zero-order valence-corrected chi connectivity index (χ0v) is 13.3. The predicted octanol–water partition coefficient (Wildman–Crippen LogP) is 2.73. The van der Waals surface area contributed by atoms with Crippen LogP contribution in [0.1, 0.15) is 19.0 Å². The third kappa shape index (κ3) is 7.38. The summed E-state index contributed by atoms with van der Waals surface area (Å²) < 4.78 is 0.404. The average Bonchev–Trinajstić information content (AvgIpc) is 2.39. The Kier molecular flexibility index (Phi) is 7.34. The van der Waals surface area contributed by atoms with Crippen molar-refractivity contribution in [2.45, 2.75) is 19.8 Å². The van der Waals surface area contributed by atoms with Gasteiger partial charge in [-0.25, -0.2) is 0 Å². The van der Waals surface area contributed by atoms with E-state index in [1.807, 2.05) is 30.3 Å². The Bertz CT molecular complexity index is 651. The normalized spacial score (nSPS) is 9.38. The summed E-state index contributed by atoms with van der Waals surface area (Å²) in [6.45, 7) is 2.05. The smallest absolute Gasteiger partial charge is 0.251 e. The van der Waals surface area contributed by atoms with E-state index in [0.29, 0.717) is 9.88 Å². The second-order valence-corrected chi connectivity index (χ2v) is 5.07.